The summed E-state index contributed by atoms with van der Waals surface area (Å²) in [6, 6.07) is 0.733. The number of halogens is 3. The first kappa shape index (κ1) is 11.5. The molecule has 0 aliphatic rings. The number of alkyl halides is 3. The molecular formula is C9H8F3NO2. The highest BCUT2D eigenvalue weighted by atomic mass is 19.4. The molecule has 1 aromatic heterocycles. The number of rotatable bonds is 1. The van der Waals surface area contributed by atoms with Gasteiger partial charge in [-0.2, -0.15) is 13.2 Å². The van der Waals surface area contributed by atoms with Crippen LogP contribution in [0.1, 0.15) is 27.3 Å². The van der Waals surface area contributed by atoms with E-state index < -0.39 is 17.8 Å². The Kier molecular flexibility index (Phi) is 2.70. The Bertz CT molecular complexity index is 389. The molecule has 0 unspecified atom stereocenters. The Labute approximate surface area is 83.6 Å². The van der Waals surface area contributed by atoms with Gasteiger partial charge in [-0.3, -0.25) is 0 Å². The summed E-state index contributed by atoms with van der Waals surface area (Å²) in [5.74, 6) is -1.27. The molecule has 3 nitrogen and oxygen atoms in total. The maximum absolute atomic E-state index is 12.3. The SMILES string of the molecule is Cc1cc(C(F)(F)F)nc(C)c1C(=O)O. The highest BCUT2D eigenvalue weighted by Crippen LogP contribution is 2.29. The highest BCUT2D eigenvalue weighted by Gasteiger charge is 2.33. The van der Waals surface area contributed by atoms with Crippen molar-refractivity contribution in [2.75, 3.05) is 0 Å². The van der Waals surface area contributed by atoms with Crippen molar-refractivity contribution < 1.29 is 23.1 Å². The van der Waals surface area contributed by atoms with Crippen LogP contribution in [0.2, 0.25) is 0 Å². The molecule has 0 radical (unpaired) electrons. The fourth-order valence-electron chi connectivity index (χ4n) is 1.30. The lowest BCUT2D eigenvalue weighted by Crippen LogP contribution is -2.13. The van der Waals surface area contributed by atoms with E-state index in [-0.39, 0.29) is 16.8 Å². The molecule has 0 saturated heterocycles. The average molecular weight is 219 g/mol. The normalized spacial score (nSPS) is 11.5. The molecule has 6 heteroatoms. The number of hydrogen-bond acceptors (Lipinski definition) is 2. The standard InChI is InChI=1S/C9H8F3NO2/c1-4-3-6(9(10,11)12)13-5(2)7(4)8(14)15/h3H,1-2H3,(H,14,15). The second kappa shape index (κ2) is 3.52. The van der Waals surface area contributed by atoms with Crippen molar-refractivity contribution in [3.63, 3.8) is 0 Å². The van der Waals surface area contributed by atoms with Crippen molar-refractivity contribution in [2.24, 2.45) is 0 Å². The fraction of sp³-hybridized carbons (Fsp3) is 0.333. The summed E-state index contributed by atoms with van der Waals surface area (Å²) in [6.07, 6.45) is -4.55. The van der Waals surface area contributed by atoms with Gasteiger partial charge in [0.25, 0.3) is 0 Å². The van der Waals surface area contributed by atoms with Gasteiger partial charge in [-0.25, -0.2) is 9.78 Å². The van der Waals surface area contributed by atoms with Crippen LogP contribution in [0.25, 0.3) is 0 Å². The number of carboxylic acids is 1. The molecule has 1 N–H and O–H groups in total. The summed E-state index contributed by atoms with van der Waals surface area (Å²) >= 11 is 0. The summed E-state index contributed by atoms with van der Waals surface area (Å²) in [7, 11) is 0. The van der Waals surface area contributed by atoms with Crippen molar-refractivity contribution in [1.82, 2.24) is 4.98 Å². The van der Waals surface area contributed by atoms with E-state index in [0.717, 1.165) is 6.07 Å². The number of aromatic nitrogens is 1. The van der Waals surface area contributed by atoms with Crippen LogP contribution in [0, 0.1) is 13.8 Å². The second-order valence-corrected chi connectivity index (χ2v) is 3.09. The first-order chi connectivity index (χ1) is 6.73. The third-order valence-corrected chi connectivity index (χ3v) is 1.90. The smallest absolute Gasteiger partial charge is 0.433 e. The molecule has 1 rings (SSSR count). The maximum atomic E-state index is 12.3. The summed E-state index contributed by atoms with van der Waals surface area (Å²) in [5, 5.41) is 8.72. The molecule has 1 aromatic rings. The van der Waals surface area contributed by atoms with E-state index in [2.05, 4.69) is 4.98 Å². The molecule has 0 aliphatic carbocycles. The minimum Gasteiger partial charge on any atom is -0.478 e. The Morgan fingerprint density at radius 2 is 1.93 bits per heavy atom. The molecule has 1 heterocycles. The van der Waals surface area contributed by atoms with Crippen molar-refractivity contribution in [2.45, 2.75) is 20.0 Å². The zero-order valence-corrected chi connectivity index (χ0v) is 8.01. The number of aromatic carboxylic acids is 1. The molecule has 0 amide bonds. The van der Waals surface area contributed by atoms with Gasteiger partial charge < -0.3 is 5.11 Å². The van der Waals surface area contributed by atoms with Gasteiger partial charge in [0, 0.05) is 0 Å². The van der Waals surface area contributed by atoms with Gasteiger partial charge in [0.2, 0.25) is 0 Å². The zero-order chi connectivity index (χ0) is 11.8. The molecule has 0 aliphatic heterocycles. The van der Waals surface area contributed by atoms with E-state index in [1.807, 2.05) is 0 Å². The minimum atomic E-state index is -4.55. The molecular weight excluding hydrogens is 211 g/mol. The molecule has 0 aromatic carbocycles. The average Bonchev–Trinajstić information content (AvgIpc) is 1.99. The van der Waals surface area contributed by atoms with Crippen LogP contribution in [0.3, 0.4) is 0 Å². The third-order valence-electron chi connectivity index (χ3n) is 1.90. The minimum absolute atomic E-state index is 0.0577. The van der Waals surface area contributed by atoms with E-state index in [0.29, 0.717) is 0 Å². The van der Waals surface area contributed by atoms with Gasteiger partial charge in [0.1, 0.15) is 5.69 Å². The summed E-state index contributed by atoms with van der Waals surface area (Å²) < 4.78 is 36.8. The van der Waals surface area contributed by atoms with Gasteiger partial charge in [-0.05, 0) is 25.5 Å². The Hall–Kier alpha value is -1.59. The molecule has 0 saturated carbocycles. The predicted octanol–water partition coefficient (Wildman–Crippen LogP) is 2.42. The van der Waals surface area contributed by atoms with Crippen LogP contribution >= 0.6 is 0 Å². The van der Waals surface area contributed by atoms with Gasteiger partial charge >= 0.3 is 12.1 Å². The Balaban J connectivity index is 3.39. The summed E-state index contributed by atoms with van der Waals surface area (Å²) in [6.45, 7) is 2.55. The second-order valence-electron chi connectivity index (χ2n) is 3.09. The summed E-state index contributed by atoms with van der Waals surface area (Å²) in [5.41, 5.74) is -1.32. The van der Waals surface area contributed by atoms with Crippen molar-refractivity contribution >= 4 is 5.97 Å². The molecule has 0 bridgehead atoms. The van der Waals surface area contributed by atoms with Gasteiger partial charge in [0.15, 0.2) is 0 Å². The lowest BCUT2D eigenvalue weighted by atomic mass is 10.1. The number of nitrogens with zero attached hydrogens (tertiary/aromatic N) is 1. The maximum Gasteiger partial charge on any atom is 0.433 e. The number of hydrogen-bond donors (Lipinski definition) is 1. The lowest BCUT2D eigenvalue weighted by molar-refractivity contribution is -0.141. The van der Waals surface area contributed by atoms with Crippen molar-refractivity contribution in [3.05, 3.63) is 28.6 Å². The van der Waals surface area contributed by atoms with Gasteiger partial charge in [-0.1, -0.05) is 0 Å². The Morgan fingerprint density at radius 1 is 1.40 bits per heavy atom. The van der Waals surface area contributed by atoms with E-state index in [9.17, 15) is 18.0 Å². The van der Waals surface area contributed by atoms with E-state index in [1.165, 1.54) is 13.8 Å². The molecule has 0 spiro atoms. The topological polar surface area (TPSA) is 50.2 Å². The van der Waals surface area contributed by atoms with Gasteiger partial charge in [0.05, 0.1) is 11.3 Å². The number of aryl methyl sites for hydroxylation is 2. The van der Waals surface area contributed by atoms with Crippen molar-refractivity contribution in [3.8, 4) is 0 Å². The van der Waals surface area contributed by atoms with E-state index in [1.54, 1.807) is 0 Å². The number of pyridine rings is 1. The first-order valence-electron chi connectivity index (χ1n) is 4.02. The monoisotopic (exact) mass is 219 g/mol. The van der Waals surface area contributed by atoms with Crippen molar-refractivity contribution in [1.29, 1.82) is 0 Å². The van der Waals surface area contributed by atoms with Crippen LogP contribution in [-0.2, 0) is 6.18 Å². The Morgan fingerprint density at radius 3 is 2.27 bits per heavy atom. The van der Waals surface area contributed by atoms with Crippen LogP contribution in [0.5, 0.6) is 0 Å². The van der Waals surface area contributed by atoms with Crippen LogP contribution < -0.4 is 0 Å². The quantitative estimate of drug-likeness (QED) is 0.789. The lowest BCUT2D eigenvalue weighted by Gasteiger charge is -2.10. The highest BCUT2D eigenvalue weighted by molar-refractivity contribution is 5.90. The molecule has 82 valence electrons. The zero-order valence-electron chi connectivity index (χ0n) is 8.01. The predicted molar refractivity (Wildman–Crippen MR) is 45.7 cm³/mol. The van der Waals surface area contributed by atoms with Gasteiger partial charge in [-0.15, -0.1) is 0 Å². The first-order valence-corrected chi connectivity index (χ1v) is 4.02. The van der Waals surface area contributed by atoms with Crippen LogP contribution in [-0.4, -0.2) is 16.1 Å². The van der Waals surface area contributed by atoms with Crippen LogP contribution in [0.15, 0.2) is 6.07 Å². The molecule has 15 heavy (non-hydrogen) atoms. The van der Waals surface area contributed by atoms with E-state index >= 15 is 0 Å². The molecule has 0 fully saturated rings. The number of carbonyl (C=O) groups is 1. The fourth-order valence-corrected chi connectivity index (χ4v) is 1.30. The van der Waals surface area contributed by atoms with E-state index in [4.69, 9.17) is 5.11 Å². The largest absolute Gasteiger partial charge is 0.478 e. The third kappa shape index (κ3) is 2.26. The molecule has 0 atom stereocenters. The van der Waals surface area contributed by atoms with Crippen LogP contribution in [0.4, 0.5) is 13.2 Å². The number of carboxylic acid groups (broad SMARTS) is 1. The summed E-state index contributed by atoms with van der Waals surface area (Å²) in [4.78, 5) is 13.9.